The van der Waals surface area contributed by atoms with E-state index in [2.05, 4.69) is 20.6 Å². The Kier molecular flexibility index (Phi) is 6.05. The van der Waals surface area contributed by atoms with Crippen LogP contribution in [0.4, 0.5) is 0 Å². The number of hydrogen-bond acceptors (Lipinski definition) is 7. The van der Waals surface area contributed by atoms with Gasteiger partial charge in [0.15, 0.2) is 5.37 Å². The molecule has 0 aliphatic carbocycles. The first-order valence-corrected chi connectivity index (χ1v) is 9.09. The monoisotopic (exact) mass is 342 g/mol. The van der Waals surface area contributed by atoms with E-state index in [4.69, 9.17) is 4.74 Å². The number of nitrogens with one attached hydrogen (secondary N) is 3. The van der Waals surface area contributed by atoms with Gasteiger partial charge in [0.05, 0.1) is 6.61 Å². The molecule has 8 nitrogen and oxygen atoms in total. The minimum absolute atomic E-state index is 0.112. The van der Waals surface area contributed by atoms with E-state index in [1.807, 2.05) is 6.92 Å². The molecule has 1 fully saturated rings. The third-order valence-electron chi connectivity index (χ3n) is 3.70. The van der Waals surface area contributed by atoms with Gasteiger partial charge in [0.25, 0.3) is 0 Å². The van der Waals surface area contributed by atoms with Crippen LogP contribution in [0.2, 0.25) is 0 Å². The van der Waals surface area contributed by atoms with Gasteiger partial charge in [-0.05, 0) is 25.0 Å². The lowest BCUT2D eigenvalue weighted by molar-refractivity contribution is -0.148. The van der Waals surface area contributed by atoms with Crippen LogP contribution in [0, 0.1) is 5.92 Å². The van der Waals surface area contributed by atoms with Crippen molar-refractivity contribution in [2.75, 3.05) is 6.61 Å². The third-order valence-corrected chi connectivity index (χ3v) is 5.33. The number of ether oxygens (including phenoxy) is 1. The van der Waals surface area contributed by atoms with Crippen molar-refractivity contribution in [2.45, 2.75) is 38.2 Å². The van der Waals surface area contributed by atoms with Crippen molar-refractivity contribution >= 4 is 16.0 Å². The van der Waals surface area contributed by atoms with Crippen LogP contribution in [0.5, 0.6) is 0 Å². The summed E-state index contributed by atoms with van der Waals surface area (Å²) in [5.74, 6) is -1.32. The maximum absolute atomic E-state index is 12.5. The summed E-state index contributed by atoms with van der Waals surface area (Å²) in [7, 11) is -3.77. The SMILES string of the molecule is CCOC(=O)C1C(CC)NNC1S(=O)(=O)NCc1cccnc1. The topological polar surface area (TPSA) is 109 Å². The lowest BCUT2D eigenvalue weighted by Gasteiger charge is -2.20. The van der Waals surface area contributed by atoms with E-state index in [0.29, 0.717) is 6.42 Å². The molecule has 1 saturated heterocycles. The first kappa shape index (κ1) is 17.8. The van der Waals surface area contributed by atoms with Crippen LogP contribution in [0.3, 0.4) is 0 Å². The predicted molar refractivity (Wildman–Crippen MR) is 84.3 cm³/mol. The van der Waals surface area contributed by atoms with E-state index in [1.165, 1.54) is 0 Å². The maximum Gasteiger partial charge on any atom is 0.313 e. The zero-order valence-electron chi connectivity index (χ0n) is 13.2. The number of esters is 1. The van der Waals surface area contributed by atoms with Crippen molar-refractivity contribution in [3.05, 3.63) is 30.1 Å². The summed E-state index contributed by atoms with van der Waals surface area (Å²) in [5.41, 5.74) is 6.31. The van der Waals surface area contributed by atoms with Crippen LogP contribution < -0.4 is 15.6 Å². The Bertz CT molecular complexity index is 623. The minimum atomic E-state index is -3.77. The largest absolute Gasteiger partial charge is 0.466 e. The van der Waals surface area contributed by atoms with Crippen molar-refractivity contribution in [1.82, 2.24) is 20.6 Å². The fraction of sp³-hybridized carbons (Fsp3) is 0.571. The van der Waals surface area contributed by atoms with Crippen molar-refractivity contribution in [2.24, 2.45) is 5.92 Å². The standard InChI is InChI=1S/C14H22N4O4S/c1-3-11-12(14(19)22-4-2)13(18-17-11)23(20,21)16-9-10-6-5-7-15-8-10/h5-8,11-13,16-18H,3-4,9H2,1-2H3. The summed E-state index contributed by atoms with van der Waals surface area (Å²) < 4.78 is 32.6. The van der Waals surface area contributed by atoms with Crippen molar-refractivity contribution in [3.63, 3.8) is 0 Å². The van der Waals surface area contributed by atoms with Crippen molar-refractivity contribution in [1.29, 1.82) is 0 Å². The fourth-order valence-electron chi connectivity index (χ4n) is 2.51. The van der Waals surface area contributed by atoms with E-state index < -0.39 is 27.3 Å². The zero-order valence-corrected chi connectivity index (χ0v) is 14.0. The highest BCUT2D eigenvalue weighted by atomic mass is 32.2. The van der Waals surface area contributed by atoms with Gasteiger partial charge in [0.1, 0.15) is 5.92 Å². The quantitative estimate of drug-likeness (QED) is 0.593. The second-order valence-corrected chi connectivity index (χ2v) is 7.12. The molecule has 0 radical (unpaired) electrons. The van der Waals surface area contributed by atoms with E-state index in [-0.39, 0.29) is 19.2 Å². The molecule has 0 saturated carbocycles. The lowest BCUT2D eigenvalue weighted by Crippen LogP contribution is -2.47. The number of rotatable bonds is 7. The van der Waals surface area contributed by atoms with E-state index in [0.717, 1.165) is 5.56 Å². The van der Waals surface area contributed by atoms with Gasteiger partial charge in [0, 0.05) is 25.0 Å². The molecule has 0 spiro atoms. The summed E-state index contributed by atoms with van der Waals surface area (Å²) in [6.07, 6.45) is 3.80. The average Bonchev–Trinajstić information content (AvgIpc) is 2.99. The molecule has 3 N–H and O–H groups in total. The van der Waals surface area contributed by atoms with Crippen LogP contribution in [0.1, 0.15) is 25.8 Å². The molecule has 9 heteroatoms. The molecule has 128 valence electrons. The Morgan fingerprint density at radius 1 is 1.39 bits per heavy atom. The second kappa shape index (κ2) is 7.82. The molecule has 23 heavy (non-hydrogen) atoms. The molecular weight excluding hydrogens is 320 g/mol. The van der Waals surface area contributed by atoms with Crippen LogP contribution in [0.15, 0.2) is 24.5 Å². The Labute approximate surface area is 136 Å². The molecule has 3 unspecified atom stereocenters. The number of hydrogen-bond donors (Lipinski definition) is 3. The molecule has 1 aromatic rings. The Morgan fingerprint density at radius 2 is 2.17 bits per heavy atom. The number of carbonyl (C=O) groups is 1. The van der Waals surface area contributed by atoms with Crippen LogP contribution >= 0.6 is 0 Å². The molecule has 3 atom stereocenters. The number of nitrogens with zero attached hydrogens (tertiary/aromatic N) is 1. The number of sulfonamides is 1. The molecule has 2 rings (SSSR count). The van der Waals surface area contributed by atoms with Crippen LogP contribution in [-0.4, -0.2) is 37.4 Å². The van der Waals surface area contributed by atoms with Gasteiger partial charge in [-0.15, -0.1) is 0 Å². The average molecular weight is 342 g/mol. The van der Waals surface area contributed by atoms with Gasteiger partial charge in [-0.2, -0.15) is 0 Å². The van der Waals surface area contributed by atoms with Gasteiger partial charge in [-0.3, -0.25) is 15.2 Å². The Morgan fingerprint density at radius 3 is 2.78 bits per heavy atom. The van der Waals surface area contributed by atoms with Gasteiger partial charge in [0.2, 0.25) is 10.0 Å². The lowest BCUT2D eigenvalue weighted by atomic mass is 10.00. The van der Waals surface area contributed by atoms with Crippen molar-refractivity contribution in [3.8, 4) is 0 Å². The first-order valence-electron chi connectivity index (χ1n) is 7.54. The Balaban J connectivity index is 2.11. The van der Waals surface area contributed by atoms with Crippen LogP contribution in [0.25, 0.3) is 0 Å². The van der Waals surface area contributed by atoms with Gasteiger partial charge in [-0.1, -0.05) is 13.0 Å². The number of hydrazine groups is 1. The van der Waals surface area contributed by atoms with Crippen LogP contribution in [-0.2, 0) is 26.1 Å². The predicted octanol–water partition coefficient (Wildman–Crippen LogP) is -0.107. The fourth-order valence-corrected chi connectivity index (χ4v) is 3.97. The molecule has 2 heterocycles. The zero-order chi connectivity index (χ0) is 16.9. The highest BCUT2D eigenvalue weighted by Gasteiger charge is 2.47. The van der Waals surface area contributed by atoms with E-state index in [1.54, 1.807) is 31.5 Å². The normalized spacial score (nSPS) is 24.5. The summed E-state index contributed by atoms with van der Waals surface area (Å²) in [5, 5.41) is -1.08. The number of pyridine rings is 1. The molecule has 1 aromatic heterocycles. The highest BCUT2D eigenvalue weighted by molar-refractivity contribution is 7.90. The summed E-state index contributed by atoms with van der Waals surface area (Å²) >= 11 is 0. The highest BCUT2D eigenvalue weighted by Crippen LogP contribution is 2.23. The molecular formula is C14H22N4O4S. The molecule has 0 bridgehead atoms. The molecule has 0 aromatic carbocycles. The summed E-state index contributed by atoms with van der Waals surface area (Å²) in [4.78, 5) is 16.1. The first-order chi connectivity index (χ1) is 11.0. The van der Waals surface area contributed by atoms with Crippen molar-refractivity contribution < 1.29 is 17.9 Å². The molecule has 1 aliphatic heterocycles. The van der Waals surface area contributed by atoms with Gasteiger partial charge >= 0.3 is 5.97 Å². The number of aromatic nitrogens is 1. The minimum Gasteiger partial charge on any atom is -0.466 e. The van der Waals surface area contributed by atoms with E-state index >= 15 is 0 Å². The number of carbonyl (C=O) groups excluding carboxylic acids is 1. The smallest absolute Gasteiger partial charge is 0.313 e. The second-order valence-electron chi connectivity index (χ2n) is 5.23. The van der Waals surface area contributed by atoms with E-state index in [9.17, 15) is 13.2 Å². The van der Waals surface area contributed by atoms with Gasteiger partial charge in [-0.25, -0.2) is 18.6 Å². The molecule has 0 amide bonds. The molecule has 1 aliphatic rings. The maximum atomic E-state index is 12.5. The third kappa shape index (κ3) is 4.25. The van der Waals surface area contributed by atoms with Gasteiger partial charge < -0.3 is 4.74 Å². The summed E-state index contributed by atoms with van der Waals surface area (Å²) in [6, 6.07) is 3.20. The Hall–Kier alpha value is -1.55. The summed E-state index contributed by atoms with van der Waals surface area (Å²) in [6.45, 7) is 3.89.